The number of benzene rings is 1. The third-order valence-corrected chi connectivity index (χ3v) is 5.45. The van der Waals surface area contributed by atoms with Gasteiger partial charge >= 0.3 is 0 Å². The van der Waals surface area contributed by atoms with Gasteiger partial charge in [0.1, 0.15) is 5.54 Å². The lowest BCUT2D eigenvalue weighted by atomic mass is 9.90. The van der Waals surface area contributed by atoms with Crippen molar-refractivity contribution in [2.75, 3.05) is 43.1 Å². The van der Waals surface area contributed by atoms with Crippen LogP contribution in [0.25, 0.3) is 0 Å². The van der Waals surface area contributed by atoms with Gasteiger partial charge in [-0.3, -0.25) is 9.59 Å². The molecule has 0 aliphatic carbocycles. The van der Waals surface area contributed by atoms with Gasteiger partial charge in [0.15, 0.2) is 0 Å². The van der Waals surface area contributed by atoms with Crippen molar-refractivity contribution in [3.8, 4) is 0 Å². The number of rotatable bonds is 3. The number of ether oxygens (including phenoxy) is 1. The first-order valence-corrected chi connectivity index (χ1v) is 9.39. The SMILES string of the molecule is Cl.NC1(C(=O)Nc2cccc(C(=O)N3CCSCC3)c2)CCOCC1. The Kier molecular flexibility index (Phi) is 7.13. The minimum atomic E-state index is -0.900. The van der Waals surface area contributed by atoms with Gasteiger partial charge in [0, 0.05) is 49.1 Å². The van der Waals surface area contributed by atoms with E-state index in [1.165, 1.54) is 0 Å². The molecule has 0 aromatic heterocycles. The molecule has 0 radical (unpaired) electrons. The predicted octanol–water partition coefficient (Wildman–Crippen LogP) is 1.74. The molecule has 2 aliphatic heterocycles. The summed E-state index contributed by atoms with van der Waals surface area (Å²) in [5.41, 5.74) is 6.50. The van der Waals surface area contributed by atoms with Crippen LogP contribution in [-0.4, -0.2) is 60.1 Å². The van der Waals surface area contributed by atoms with E-state index in [1.54, 1.807) is 24.3 Å². The fraction of sp³-hybridized carbons (Fsp3) is 0.529. The smallest absolute Gasteiger partial charge is 0.253 e. The fourth-order valence-corrected chi connectivity index (χ4v) is 3.80. The highest BCUT2D eigenvalue weighted by atomic mass is 35.5. The lowest BCUT2D eigenvalue weighted by Crippen LogP contribution is -2.54. The van der Waals surface area contributed by atoms with Gasteiger partial charge in [-0.05, 0) is 31.0 Å². The van der Waals surface area contributed by atoms with E-state index >= 15 is 0 Å². The van der Waals surface area contributed by atoms with Crippen LogP contribution < -0.4 is 11.1 Å². The Labute approximate surface area is 158 Å². The minimum Gasteiger partial charge on any atom is -0.381 e. The van der Waals surface area contributed by atoms with Crippen LogP contribution in [0.15, 0.2) is 24.3 Å². The number of halogens is 1. The van der Waals surface area contributed by atoms with E-state index in [0.717, 1.165) is 24.6 Å². The summed E-state index contributed by atoms with van der Waals surface area (Å²) in [7, 11) is 0. The third kappa shape index (κ3) is 4.88. The molecule has 0 unspecified atom stereocenters. The summed E-state index contributed by atoms with van der Waals surface area (Å²) in [5.74, 6) is 1.74. The lowest BCUT2D eigenvalue weighted by molar-refractivity contribution is -0.124. The quantitative estimate of drug-likeness (QED) is 0.827. The number of anilines is 1. The molecule has 25 heavy (non-hydrogen) atoms. The monoisotopic (exact) mass is 385 g/mol. The maximum absolute atomic E-state index is 12.6. The molecular formula is C17H24ClN3O3S. The van der Waals surface area contributed by atoms with Crippen molar-refractivity contribution >= 4 is 41.7 Å². The number of thioether (sulfide) groups is 1. The van der Waals surface area contributed by atoms with Crippen molar-refractivity contribution in [2.45, 2.75) is 18.4 Å². The molecule has 6 nitrogen and oxygen atoms in total. The highest BCUT2D eigenvalue weighted by Crippen LogP contribution is 2.21. The predicted molar refractivity (Wildman–Crippen MR) is 103 cm³/mol. The number of nitrogens with zero attached hydrogens (tertiary/aromatic N) is 1. The van der Waals surface area contributed by atoms with E-state index in [1.807, 2.05) is 16.7 Å². The van der Waals surface area contributed by atoms with Crippen LogP contribution >= 0.6 is 24.2 Å². The Morgan fingerprint density at radius 1 is 1.20 bits per heavy atom. The third-order valence-electron chi connectivity index (χ3n) is 4.50. The van der Waals surface area contributed by atoms with Gasteiger partial charge in [-0.2, -0.15) is 11.8 Å². The molecule has 1 aromatic rings. The van der Waals surface area contributed by atoms with Crippen LogP contribution in [0.1, 0.15) is 23.2 Å². The van der Waals surface area contributed by atoms with Crippen molar-refractivity contribution in [2.24, 2.45) is 5.73 Å². The summed E-state index contributed by atoms with van der Waals surface area (Å²) in [5, 5.41) is 2.86. The second-order valence-electron chi connectivity index (χ2n) is 6.21. The number of carbonyl (C=O) groups is 2. The van der Waals surface area contributed by atoms with Crippen LogP contribution in [-0.2, 0) is 9.53 Å². The highest BCUT2D eigenvalue weighted by Gasteiger charge is 2.36. The summed E-state index contributed by atoms with van der Waals surface area (Å²) in [6, 6.07) is 7.08. The van der Waals surface area contributed by atoms with Crippen LogP contribution in [0, 0.1) is 0 Å². The molecule has 2 heterocycles. The summed E-state index contributed by atoms with van der Waals surface area (Å²) in [6.07, 6.45) is 1.01. The van der Waals surface area contributed by atoms with E-state index in [-0.39, 0.29) is 24.2 Å². The van der Waals surface area contributed by atoms with Crippen LogP contribution in [0.5, 0.6) is 0 Å². The Bertz CT molecular complexity index is 617. The number of hydrogen-bond acceptors (Lipinski definition) is 5. The van der Waals surface area contributed by atoms with Crippen LogP contribution in [0.3, 0.4) is 0 Å². The summed E-state index contributed by atoms with van der Waals surface area (Å²) < 4.78 is 5.27. The molecule has 0 atom stereocenters. The van der Waals surface area contributed by atoms with E-state index in [4.69, 9.17) is 10.5 Å². The largest absolute Gasteiger partial charge is 0.381 e. The van der Waals surface area contributed by atoms with Crippen LogP contribution in [0.4, 0.5) is 5.69 Å². The molecule has 2 saturated heterocycles. The highest BCUT2D eigenvalue weighted by molar-refractivity contribution is 7.99. The standard InChI is InChI=1S/C17H23N3O3S.ClH/c18-17(4-8-23-9-5-17)16(22)19-14-3-1-2-13(12-14)15(21)20-6-10-24-11-7-20;/h1-3,12H,4-11,18H2,(H,19,22);1H. The van der Waals surface area contributed by atoms with Gasteiger partial charge in [-0.15, -0.1) is 12.4 Å². The molecule has 2 fully saturated rings. The first-order valence-electron chi connectivity index (χ1n) is 8.24. The second-order valence-corrected chi connectivity index (χ2v) is 7.43. The van der Waals surface area contributed by atoms with Crippen molar-refractivity contribution in [3.63, 3.8) is 0 Å². The Morgan fingerprint density at radius 2 is 1.88 bits per heavy atom. The van der Waals surface area contributed by atoms with E-state index in [0.29, 0.717) is 37.3 Å². The Balaban J connectivity index is 0.00000225. The van der Waals surface area contributed by atoms with Gasteiger partial charge in [-0.25, -0.2) is 0 Å². The minimum absolute atomic E-state index is 0. The molecule has 0 saturated carbocycles. The number of hydrogen-bond donors (Lipinski definition) is 2. The molecule has 2 amide bonds. The zero-order chi connectivity index (χ0) is 17.0. The van der Waals surface area contributed by atoms with Gasteiger partial charge in [0.2, 0.25) is 5.91 Å². The molecule has 2 aliphatic rings. The lowest BCUT2D eigenvalue weighted by Gasteiger charge is -2.31. The van der Waals surface area contributed by atoms with E-state index < -0.39 is 5.54 Å². The molecule has 0 spiro atoms. The molecule has 0 bridgehead atoms. The van der Waals surface area contributed by atoms with Crippen molar-refractivity contribution in [1.82, 2.24) is 4.90 Å². The molecule has 3 rings (SSSR count). The first kappa shape index (κ1) is 20.0. The maximum Gasteiger partial charge on any atom is 0.253 e. The normalized spacial score (nSPS) is 19.6. The zero-order valence-electron chi connectivity index (χ0n) is 14.0. The molecule has 1 aromatic carbocycles. The number of nitrogens with two attached hydrogens (primary N) is 1. The molecule has 3 N–H and O–H groups in total. The van der Waals surface area contributed by atoms with Gasteiger partial charge in [0.05, 0.1) is 0 Å². The summed E-state index contributed by atoms with van der Waals surface area (Å²) in [4.78, 5) is 26.9. The number of amides is 2. The summed E-state index contributed by atoms with van der Waals surface area (Å²) in [6.45, 7) is 2.53. The van der Waals surface area contributed by atoms with Crippen molar-refractivity contribution in [1.29, 1.82) is 0 Å². The van der Waals surface area contributed by atoms with Crippen LogP contribution in [0.2, 0.25) is 0 Å². The Hall–Kier alpha value is -1.28. The molecule has 138 valence electrons. The second kappa shape index (κ2) is 8.89. The van der Waals surface area contributed by atoms with Gasteiger partial charge < -0.3 is 20.7 Å². The number of carbonyl (C=O) groups excluding carboxylic acids is 2. The fourth-order valence-electron chi connectivity index (χ4n) is 2.90. The first-order chi connectivity index (χ1) is 11.6. The van der Waals surface area contributed by atoms with Gasteiger partial charge in [0.25, 0.3) is 5.91 Å². The maximum atomic E-state index is 12.6. The average Bonchev–Trinajstić information content (AvgIpc) is 2.62. The molecule has 8 heteroatoms. The van der Waals surface area contributed by atoms with Gasteiger partial charge in [-0.1, -0.05) is 6.07 Å². The van der Waals surface area contributed by atoms with E-state index in [9.17, 15) is 9.59 Å². The molecular weight excluding hydrogens is 362 g/mol. The topological polar surface area (TPSA) is 84.7 Å². The van der Waals surface area contributed by atoms with Crippen molar-refractivity contribution < 1.29 is 14.3 Å². The Morgan fingerprint density at radius 3 is 2.56 bits per heavy atom. The van der Waals surface area contributed by atoms with Crippen molar-refractivity contribution in [3.05, 3.63) is 29.8 Å². The summed E-state index contributed by atoms with van der Waals surface area (Å²) >= 11 is 1.86. The number of nitrogens with one attached hydrogen (secondary N) is 1. The van der Waals surface area contributed by atoms with E-state index in [2.05, 4.69) is 5.32 Å². The zero-order valence-corrected chi connectivity index (χ0v) is 15.7. The average molecular weight is 386 g/mol.